The maximum Gasteiger partial charge on any atom is 0.357 e. The van der Waals surface area contributed by atoms with Crippen molar-refractivity contribution in [1.82, 2.24) is 5.32 Å². The molecular formula is C26H22F3NO5. The first-order valence-corrected chi connectivity index (χ1v) is 10.6. The first-order chi connectivity index (χ1) is 16.7. The van der Waals surface area contributed by atoms with Crippen LogP contribution in [0.5, 0.6) is 11.5 Å². The molecule has 0 aromatic heterocycles. The Kier molecular flexibility index (Phi) is 6.29. The summed E-state index contributed by atoms with van der Waals surface area (Å²) in [6.07, 6.45) is 0. The molecular weight excluding hydrogens is 463 g/mol. The van der Waals surface area contributed by atoms with Crippen molar-refractivity contribution >= 4 is 11.9 Å². The van der Waals surface area contributed by atoms with Gasteiger partial charge in [0, 0.05) is 0 Å². The minimum atomic E-state index is -4.65. The summed E-state index contributed by atoms with van der Waals surface area (Å²) in [7, 11) is 2.32. The van der Waals surface area contributed by atoms with Crippen molar-refractivity contribution in [3.05, 3.63) is 96.1 Å². The van der Waals surface area contributed by atoms with Crippen molar-refractivity contribution in [1.29, 1.82) is 0 Å². The number of hydrogen-bond acceptors (Lipinski definition) is 6. The van der Waals surface area contributed by atoms with E-state index in [2.05, 4.69) is 5.32 Å². The predicted molar refractivity (Wildman–Crippen MR) is 120 cm³/mol. The Morgan fingerprint density at radius 3 is 1.89 bits per heavy atom. The molecule has 9 heteroatoms. The number of para-hydroxylation sites is 1. The number of carbonyl (C=O) groups is 2. The predicted octanol–water partition coefficient (Wildman–Crippen LogP) is 4.36. The summed E-state index contributed by atoms with van der Waals surface area (Å²) >= 11 is 0. The summed E-state index contributed by atoms with van der Waals surface area (Å²) in [6.45, 7) is 0. The maximum absolute atomic E-state index is 16.9. The summed E-state index contributed by atoms with van der Waals surface area (Å²) < 4.78 is 64.5. The van der Waals surface area contributed by atoms with Crippen molar-refractivity contribution < 1.29 is 37.0 Å². The van der Waals surface area contributed by atoms with E-state index in [1.54, 1.807) is 12.1 Å². The van der Waals surface area contributed by atoms with E-state index >= 15 is 13.2 Å². The van der Waals surface area contributed by atoms with Gasteiger partial charge in [-0.3, -0.25) is 5.32 Å². The molecule has 3 atom stereocenters. The average Bonchev–Trinajstić information content (AvgIpc) is 3.09. The molecule has 0 bridgehead atoms. The molecule has 0 amide bonds. The quantitative estimate of drug-likeness (QED) is 0.413. The molecule has 0 saturated carbocycles. The van der Waals surface area contributed by atoms with Gasteiger partial charge in [0.1, 0.15) is 11.5 Å². The first-order valence-electron chi connectivity index (χ1n) is 10.6. The van der Waals surface area contributed by atoms with Crippen molar-refractivity contribution in [2.45, 2.75) is 23.2 Å². The fourth-order valence-corrected chi connectivity index (χ4v) is 4.30. The Bertz CT molecular complexity index is 1210. The van der Waals surface area contributed by atoms with Crippen molar-refractivity contribution in [2.24, 2.45) is 0 Å². The minimum absolute atomic E-state index is 0.0281. The second kappa shape index (κ2) is 9.07. The molecule has 0 radical (unpaired) electrons. The van der Waals surface area contributed by atoms with Gasteiger partial charge < -0.3 is 14.2 Å². The molecule has 1 aliphatic heterocycles. The smallest absolute Gasteiger partial charge is 0.357 e. The average molecular weight is 485 g/mol. The zero-order valence-electron chi connectivity index (χ0n) is 18.8. The molecule has 0 unspecified atom stereocenters. The molecule has 182 valence electrons. The summed E-state index contributed by atoms with van der Waals surface area (Å²) in [5.41, 5.74) is -7.35. The molecule has 1 fully saturated rings. The van der Waals surface area contributed by atoms with Crippen LogP contribution in [0, 0.1) is 0 Å². The topological polar surface area (TPSA) is 73.9 Å². The van der Waals surface area contributed by atoms with E-state index in [1.807, 2.05) is 0 Å². The van der Waals surface area contributed by atoms with E-state index in [1.165, 1.54) is 79.9 Å². The minimum Gasteiger partial charge on any atom is -0.497 e. The molecule has 35 heavy (non-hydrogen) atoms. The second-order valence-corrected chi connectivity index (χ2v) is 7.95. The summed E-state index contributed by atoms with van der Waals surface area (Å²) in [6, 6.07) is 17.7. The van der Waals surface area contributed by atoms with Gasteiger partial charge in [-0.25, -0.2) is 14.0 Å². The van der Waals surface area contributed by atoms with E-state index in [4.69, 9.17) is 14.2 Å². The molecule has 3 aromatic rings. The third kappa shape index (κ3) is 3.63. The van der Waals surface area contributed by atoms with Crippen LogP contribution in [0.1, 0.15) is 17.2 Å². The highest BCUT2D eigenvalue weighted by Crippen LogP contribution is 2.59. The highest BCUT2D eigenvalue weighted by atomic mass is 19.3. The molecule has 1 N–H and O–H groups in total. The monoisotopic (exact) mass is 485 g/mol. The number of carbonyl (C=O) groups excluding carboxylic acids is 2. The molecule has 6 nitrogen and oxygen atoms in total. The summed E-state index contributed by atoms with van der Waals surface area (Å²) in [5, 5.41) is 2.43. The number of rotatable bonds is 6. The van der Waals surface area contributed by atoms with Gasteiger partial charge in [0.25, 0.3) is 5.67 Å². The van der Waals surface area contributed by atoms with Crippen LogP contribution >= 0.6 is 0 Å². The normalized spacial score (nSPS) is 25.0. The van der Waals surface area contributed by atoms with Gasteiger partial charge in [-0.2, -0.15) is 8.78 Å². The zero-order chi connectivity index (χ0) is 25.3. The number of nitrogens with one attached hydrogen (secondary N) is 1. The third-order valence-electron chi connectivity index (χ3n) is 6.08. The Morgan fingerprint density at radius 2 is 1.34 bits per heavy atom. The highest BCUT2D eigenvalue weighted by Gasteiger charge is 2.84. The number of halogens is 3. The van der Waals surface area contributed by atoms with E-state index in [0.717, 1.165) is 7.11 Å². The first kappa shape index (κ1) is 24.3. The maximum atomic E-state index is 16.9. The molecule has 1 heterocycles. The van der Waals surface area contributed by atoms with Crippen molar-refractivity contribution in [3.63, 3.8) is 0 Å². The standard InChI is InChI=1S/C26H22F3NO5/c1-33-19-15-13-17(14-16-19)21-24(27,22(31)35-20-11-7-4-8-12-20)26(28,29)25(30-21,23(32)34-2)18-9-5-3-6-10-18/h3-16,21,30H,1-2H3/t21-,24+,25+/m0/s1. The Hall–Kier alpha value is -3.85. The Morgan fingerprint density at radius 1 is 0.771 bits per heavy atom. The lowest BCUT2D eigenvalue weighted by Crippen LogP contribution is -2.62. The number of hydrogen-bond donors (Lipinski definition) is 1. The lowest BCUT2D eigenvalue weighted by Gasteiger charge is -2.35. The van der Waals surface area contributed by atoms with Crippen LogP contribution in [0.15, 0.2) is 84.9 Å². The fourth-order valence-electron chi connectivity index (χ4n) is 4.30. The second-order valence-electron chi connectivity index (χ2n) is 7.95. The van der Waals surface area contributed by atoms with Gasteiger partial charge in [0.2, 0.25) is 5.54 Å². The number of esters is 2. The van der Waals surface area contributed by atoms with E-state index in [-0.39, 0.29) is 16.9 Å². The molecule has 4 rings (SSSR count). The Balaban J connectivity index is 1.93. The molecule has 0 spiro atoms. The number of ether oxygens (including phenoxy) is 3. The van der Waals surface area contributed by atoms with E-state index in [9.17, 15) is 9.59 Å². The molecule has 0 aliphatic carbocycles. The summed E-state index contributed by atoms with van der Waals surface area (Å²) in [5.74, 6) is -7.71. The van der Waals surface area contributed by atoms with Crippen LogP contribution in [0.25, 0.3) is 0 Å². The van der Waals surface area contributed by atoms with Gasteiger partial charge in [-0.1, -0.05) is 60.7 Å². The Labute approximate surface area is 199 Å². The molecule has 1 saturated heterocycles. The van der Waals surface area contributed by atoms with Gasteiger partial charge in [0.05, 0.1) is 20.3 Å². The SMILES string of the molecule is COC(=O)[C@@]1(c2ccccc2)N[C@@H](c2ccc(OC)cc2)[C@@](F)(C(=O)Oc2ccccc2)C1(F)F. The largest absolute Gasteiger partial charge is 0.497 e. The lowest BCUT2D eigenvalue weighted by atomic mass is 9.78. The number of methoxy groups -OCH3 is 2. The lowest BCUT2D eigenvalue weighted by molar-refractivity contribution is -0.197. The number of alkyl halides is 3. The van der Waals surface area contributed by atoms with Crippen LogP contribution in [-0.2, 0) is 19.9 Å². The van der Waals surface area contributed by atoms with Crippen LogP contribution < -0.4 is 14.8 Å². The van der Waals surface area contributed by atoms with Crippen LogP contribution in [0.3, 0.4) is 0 Å². The zero-order valence-corrected chi connectivity index (χ0v) is 18.8. The van der Waals surface area contributed by atoms with E-state index < -0.39 is 35.1 Å². The van der Waals surface area contributed by atoms with Gasteiger partial charge >= 0.3 is 17.9 Å². The van der Waals surface area contributed by atoms with Crippen LogP contribution in [-0.4, -0.2) is 37.7 Å². The van der Waals surface area contributed by atoms with Gasteiger partial charge in [0.15, 0.2) is 0 Å². The van der Waals surface area contributed by atoms with Crippen LogP contribution in [0.4, 0.5) is 13.2 Å². The van der Waals surface area contributed by atoms with E-state index in [0.29, 0.717) is 5.75 Å². The van der Waals surface area contributed by atoms with Gasteiger partial charge in [-0.05, 0) is 35.4 Å². The molecule has 1 aliphatic rings. The highest BCUT2D eigenvalue weighted by molar-refractivity contribution is 5.92. The third-order valence-corrected chi connectivity index (χ3v) is 6.08. The van der Waals surface area contributed by atoms with Gasteiger partial charge in [-0.15, -0.1) is 0 Å². The fraction of sp³-hybridized carbons (Fsp3) is 0.231. The number of benzene rings is 3. The summed E-state index contributed by atoms with van der Waals surface area (Å²) in [4.78, 5) is 26.2. The molecule has 3 aromatic carbocycles. The van der Waals surface area contributed by atoms with Crippen molar-refractivity contribution in [2.75, 3.05) is 14.2 Å². The van der Waals surface area contributed by atoms with Crippen LogP contribution in [0.2, 0.25) is 0 Å². The van der Waals surface area contributed by atoms with Crippen molar-refractivity contribution in [3.8, 4) is 11.5 Å².